The molecule has 1 aromatic rings. The van der Waals surface area contributed by atoms with Crippen LogP contribution in [0.3, 0.4) is 0 Å². The first-order valence-electron chi connectivity index (χ1n) is 7.52. The predicted octanol–water partition coefficient (Wildman–Crippen LogP) is 0.0891. The lowest BCUT2D eigenvalue weighted by molar-refractivity contribution is -0.144. The van der Waals surface area contributed by atoms with Gasteiger partial charge in [0.1, 0.15) is 17.1 Å². The van der Waals surface area contributed by atoms with Crippen molar-refractivity contribution in [1.29, 1.82) is 0 Å². The second kappa shape index (κ2) is 7.33. The van der Waals surface area contributed by atoms with Crippen molar-refractivity contribution in [1.82, 2.24) is 20.5 Å². The average molecular weight is 396 g/mol. The molecule has 3 heterocycles. The number of oxime groups is 1. The largest absolute Gasteiger partial charge is 0.433 e. The van der Waals surface area contributed by atoms with Crippen LogP contribution in [0, 0.1) is 0 Å². The number of hydrogen-bond donors (Lipinski definition) is 3. The third-order valence-electron chi connectivity index (χ3n) is 3.76. The van der Waals surface area contributed by atoms with Crippen LogP contribution in [0.4, 0.5) is 9.93 Å². The lowest BCUT2D eigenvalue weighted by Gasteiger charge is -2.48. The number of nitrogen functional groups attached to an aromatic ring is 1. The molecule has 10 nitrogen and oxygen atoms in total. The average Bonchev–Trinajstić information content (AvgIpc) is 3.05. The van der Waals surface area contributed by atoms with Crippen molar-refractivity contribution in [2.75, 3.05) is 18.5 Å². The Labute approximate surface area is 156 Å². The van der Waals surface area contributed by atoms with Crippen molar-refractivity contribution in [3.8, 4) is 0 Å². The molecular formula is C14H16N6O4S2. The molecule has 3 amide bonds. The summed E-state index contributed by atoms with van der Waals surface area (Å²) in [5.41, 5.74) is 6.38. The Morgan fingerprint density at radius 1 is 1.50 bits per heavy atom. The van der Waals surface area contributed by atoms with Gasteiger partial charge in [-0.25, -0.2) is 9.78 Å². The van der Waals surface area contributed by atoms with E-state index in [0.29, 0.717) is 0 Å². The highest BCUT2D eigenvalue weighted by molar-refractivity contribution is 8.00. The first-order chi connectivity index (χ1) is 12.4. The maximum absolute atomic E-state index is 12.6. The molecule has 0 unspecified atom stereocenters. The Hall–Kier alpha value is -2.60. The zero-order valence-corrected chi connectivity index (χ0v) is 15.5. The Kier molecular flexibility index (Phi) is 5.13. The summed E-state index contributed by atoms with van der Waals surface area (Å²) < 4.78 is 0. The zero-order valence-electron chi connectivity index (χ0n) is 13.9. The normalized spacial score (nSPS) is 22.1. The number of allylic oxidation sites excluding steroid dienone is 1. The van der Waals surface area contributed by atoms with Crippen LogP contribution < -0.4 is 16.4 Å². The molecule has 0 bridgehead atoms. The Bertz CT molecular complexity index is 820. The molecule has 138 valence electrons. The number of nitrogens with one attached hydrogen (secondary N) is 2. The molecule has 1 saturated heterocycles. The smallest absolute Gasteiger partial charge is 0.375 e. The minimum atomic E-state index is -0.840. The number of aromatic nitrogens is 1. The van der Waals surface area contributed by atoms with Gasteiger partial charge in [-0.15, -0.1) is 23.1 Å². The van der Waals surface area contributed by atoms with Gasteiger partial charge < -0.3 is 16.4 Å². The standard InChI is InChI=1S/C14H16N6O4S2/c1-6-3-4-25-12-9(11(22)20(6)12)18-10(21)8(19-24-14(23)16-2)7-5-26-13(15)17-7/h3,5,9,12H,4H2,1-2H3,(H2,15,17)(H,16,23)(H,18,21)/t9-,12+/m1/s1. The summed E-state index contributed by atoms with van der Waals surface area (Å²) in [6.07, 6.45) is 1.12. The lowest BCUT2D eigenvalue weighted by atomic mass is 10.1. The number of hydrogen-bond acceptors (Lipinski definition) is 9. The summed E-state index contributed by atoms with van der Waals surface area (Å²) in [6, 6.07) is -0.683. The SMILES string of the molecule is CNC(=O)ON=C(C(=O)N[C@@H]1C(=O)N2C(C)=CCS[C@@H]12)c1csc(N)n1. The molecule has 0 spiro atoms. The number of nitrogens with two attached hydrogens (primary N) is 1. The summed E-state index contributed by atoms with van der Waals surface area (Å²) in [4.78, 5) is 46.4. The van der Waals surface area contributed by atoms with Gasteiger partial charge in [-0.3, -0.25) is 19.3 Å². The van der Waals surface area contributed by atoms with Gasteiger partial charge >= 0.3 is 6.09 Å². The fourth-order valence-electron chi connectivity index (χ4n) is 2.45. The molecule has 3 rings (SSSR count). The number of nitrogens with zero attached hydrogens (tertiary/aromatic N) is 3. The molecule has 0 saturated carbocycles. The van der Waals surface area contributed by atoms with Crippen LogP contribution in [0.2, 0.25) is 0 Å². The minimum Gasteiger partial charge on any atom is -0.375 e. The number of thioether (sulfide) groups is 1. The Balaban J connectivity index is 1.77. The van der Waals surface area contributed by atoms with Gasteiger partial charge in [0.05, 0.1) is 0 Å². The molecule has 26 heavy (non-hydrogen) atoms. The highest BCUT2D eigenvalue weighted by atomic mass is 32.2. The van der Waals surface area contributed by atoms with Crippen molar-refractivity contribution < 1.29 is 19.2 Å². The number of thiazole rings is 1. The molecule has 0 aliphatic carbocycles. The van der Waals surface area contributed by atoms with Crippen LogP contribution in [0.5, 0.6) is 0 Å². The van der Waals surface area contributed by atoms with E-state index in [-0.39, 0.29) is 27.8 Å². The Morgan fingerprint density at radius 3 is 2.92 bits per heavy atom. The molecule has 2 aliphatic rings. The van der Waals surface area contributed by atoms with Crippen LogP contribution in [-0.2, 0) is 14.4 Å². The molecule has 1 fully saturated rings. The van der Waals surface area contributed by atoms with E-state index in [4.69, 9.17) is 5.73 Å². The fraction of sp³-hybridized carbons (Fsp3) is 0.357. The van der Waals surface area contributed by atoms with E-state index >= 15 is 0 Å². The topological polar surface area (TPSA) is 139 Å². The lowest BCUT2D eigenvalue weighted by Crippen LogP contribution is -2.69. The van der Waals surface area contributed by atoms with E-state index in [0.717, 1.165) is 22.8 Å². The van der Waals surface area contributed by atoms with Gasteiger partial charge in [0.25, 0.3) is 11.8 Å². The minimum absolute atomic E-state index is 0.157. The summed E-state index contributed by atoms with van der Waals surface area (Å²) in [7, 11) is 1.36. The van der Waals surface area contributed by atoms with Crippen molar-refractivity contribution in [2.45, 2.75) is 18.3 Å². The number of fused-ring (bicyclic) bond motifs is 1. The molecular weight excluding hydrogens is 380 g/mol. The monoisotopic (exact) mass is 396 g/mol. The van der Waals surface area contributed by atoms with Gasteiger partial charge in [0.15, 0.2) is 10.8 Å². The number of carbonyl (C=O) groups excluding carboxylic acids is 3. The number of amides is 3. The molecule has 0 radical (unpaired) electrons. The van der Waals surface area contributed by atoms with Crippen LogP contribution >= 0.6 is 23.1 Å². The van der Waals surface area contributed by atoms with Gasteiger partial charge in [-0.2, -0.15) is 0 Å². The molecule has 1 aromatic heterocycles. The van der Waals surface area contributed by atoms with Crippen molar-refractivity contribution in [3.63, 3.8) is 0 Å². The summed E-state index contributed by atoms with van der Waals surface area (Å²) >= 11 is 2.66. The second-order valence-electron chi connectivity index (χ2n) is 5.37. The number of carbonyl (C=O) groups is 3. The van der Waals surface area contributed by atoms with Crippen LogP contribution in [0.25, 0.3) is 0 Å². The second-order valence-corrected chi connectivity index (χ2v) is 7.41. The predicted molar refractivity (Wildman–Crippen MR) is 97.4 cm³/mol. The summed E-state index contributed by atoms with van der Waals surface area (Å²) in [5.74, 6) is -0.116. The molecule has 2 atom stereocenters. The maximum atomic E-state index is 12.6. The molecule has 4 N–H and O–H groups in total. The van der Waals surface area contributed by atoms with Crippen molar-refractivity contribution >= 4 is 51.8 Å². The van der Waals surface area contributed by atoms with Gasteiger partial charge in [0, 0.05) is 23.9 Å². The van der Waals surface area contributed by atoms with E-state index in [9.17, 15) is 14.4 Å². The number of β-lactam (4-membered cyclic amide) rings is 1. The van der Waals surface area contributed by atoms with E-state index < -0.39 is 18.0 Å². The van der Waals surface area contributed by atoms with Crippen molar-refractivity contribution in [3.05, 3.63) is 22.8 Å². The number of rotatable bonds is 4. The highest BCUT2D eigenvalue weighted by Gasteiger charge is 2.50. The van der Waals surface area contributed by atoms with E-state index in [2.05, 4.69) is 25.6 Å². The zero-order chi connectivity index (χ0) is 18.8. The van der Waals surface area contributed by atoms with E-state index in [1.54, 1.807) is 16.7 Å². The highest BCUT2D eigenvalue weighted by Crippen LogP contribution is 2.37. The third kappa shape index (κ3) is 3.37. The van der Waals surface area contributed by atoms with Gasteiger partial charge in [-0.1, -0.05) is 11.2 Å². The first kappa shape index (κ1) is 18.2. The summed E-state index contributed by atoms with van der Waals surface area (Å²) in [5, 5.41) is 10.0. The molecule has 0 aromatic carbocycles. The van der Waals surface area contributed by atoms with Gasteiger partial charge in [0.2, 0.25) is 0 Å². The maximum Gasteiger partial charge on any atom is 0.433 e. The van der Waals surface area contributed by atoms with Crippen LogP contribution in [0.15, 0.2) is 22.3 Å². The summed E-state index contributed by atoms with van der Waals surface area (Å²) in [6.45, 7) is 1.85. The third-order valence-corrected chi connectivity index (χ3v) is 5.62. The molecule has 12 heteroatoms. The Morgan fingerprint density at radius 2 is 2.27 bits per heavy atom. The quantitative estimate of drug-likeness (QED) is 0.284. The van der Waals surface area contributed by atoms with Crippen LogP contribution in [-0.4, -0.2) is 57.7 Å². The van der Waals surface area contributed by atoms with Crippen LogP contribution in [0.1, 0.15) is 12.6 Å². The van der Waals surface area contributed by atoms with E-state index in [1.165, 1.54) is 12.4 Å². The first-order valence-corrected chi connectivity index (χ1v) is 9.45. The van der Waals surface area contributed by atoms with Gasteiger partial charge in [-0.05, 0) is 6.92 Å². The van der Waals surface area contributed by atoms with E-state index in [1.807, 2.05) is 13.0 Å². The van der Waals surface area contributed by atoms with Crippen molar-refractivity contribution in [2.24, 2.45) is 5.16 Å². The number of anilines is 1. The fourth-order valence-corrected chi connectivity index (χ4v) is 4.33. The molecule has 2 aliphatic heterocycles.